The number of para-hydroxylation sites is 1. The van der Waals surface area contributed by atoms with E-state index in [0.717, 1.165) is 12.0 Å². The Balaban J connectivity index is 2.39. The molecule has 0 aromatic heterocycles. The van der Waals surface area contributed by atoms with Gasteiger partial charge in [-0.1, -0.05) is 12.1 Å². The van der Waals surface area contributed by atoms with Crippen molar-refractivity contribution in [2.45, 2.75) is 19.3 Å². The number of aliphatic carboxylic acids is 1. The summed E-state index contributed by atoms with van der Waals surface area (Å²) in [6, 6.07) is 5.41. The van der Waals surface area contributed by atoms with Gasteiger partial charge in [0.1, 0.15) is 5.75 Å². The Labute approximate surface area is 118 Å². The second-order valence-corrected chi connectivity index (χ2v) is 6.62. The van der Waals surface area contributed by atoms with Crippen molar-refractivity contribution in [2.24, 2.45) is 0 Å². The molecule has 110 valence electrons. The van der Waals surface area contributed by atoms with Crippen molar-refractivity contribution < 1.29 is 23.1 Å². The quantitative estimate of drug-likeness (QED) is 0.884. The zero-order chi connectivity index (χ0) is 14.8. The summed E-state index contributed by atoms with van der Waals surface area (Å²) in [5.41, 5.74) is 1.46. The molecule has 0 bridgehead atoms. The molecule has 0 atom stereocenters. The fourth-order valence-electron chi connectivity index (χ4n) is 2.35. The number of carbonyl (C=O) groups is 1. The van der Waals surface area contributed by atoms with Crippen molar-refractivity contribution in [2.75, 3.05) is 23.7 Å². The molecule has 0 radical (unpaired) electrons. The van der Waals surface area contributed by atoms with Crippen LogP contribution in [-0.4, -0.2) is 38.9 Å². The van der Waals surface area contributed by atoms with E-state index in [0.29, 0.717) is 24.4 Å². The van der Waals surface area contributed by atoms with Gasteiger partial charge < -0.3 is 9.84 Å². The number of sulfonamides is 1. The van der Waals surface area contributed by atoms with E-state index < -0.39 is 28.2 Å². The molecule has 0 spiro atoms. The van der Waals surface area contributed by atoms with Crippen molar-refractivity contribution in [1.82, 2.24) is 0 Å². The van der Waals surface area contributed by atoms with Gasteiger partial charge >= 0.3 is 5.97 Å². The predicted octanol–water partition coefficient (Wildman–Crippen LogP) is 1.25. The van der Waals surface area contributed by atoms with Crippen molar-refractivity contribution >= 4 is 21.7 Å². The van der Waals surface area contributed by atoms with Gasteiger partial charge in [-0.15, -0.1) is 0 Å². The summed E-state index contributed by atoms with van der Waals surface area (Å²) in [7, 11) is -2.16. The molecular formula is C13H17NO5S. The van der Waals surface area contributed by atoms with Crippen molar-refractivity contribution in [1.29, 1.82) is 0 Å². The Kier molecular flexibility index (Phi) is 4.17. The van der Waals surface area contributed by atoms with Crippen LogP contribution in [-0.2, 0) is 21.2 Å². The van der Waals surface area contributed by atoms with Crippen LogP contribution in [0, 0.1) is 0 Å². The summed E-state index contributed by atoms with van der Waals surface area (Å²) in [5.74, 6) is -1.02. The number of methoxy groups -OCH3 is 1. The lowest BCUT2D eigenvalue weighted by molar-refractivity contribution is -0.136. The number of ether oxygens (including phenoxy) is 1. The van der Waals surface area contributed by atoms with E-state index in [-0.39, 0.29) is 0 Å². The number of aryl methyl sites for hydroxylation is 1. The first kappa shape index (κ1) is 14.6. The lowest BCUT2D eigenvalue weighted by Crippen LogP contribution is -2.37. The van der Waals surface area contributed by atoms with E-state index in [1.165, 1.54) is 11.4 Å². The van der Waals surface area contributed by atoms with E-state index in [9.17, 15) is 13.2 Å². The Morgan fingerprint density at radius 3 is 2.85 bits per heavy atom. The molecule has 0 amide bonds. The molecule has 6 nitrogen and oxygen atoms in total. The van der Waals surface area contributed by atoms with Gasteiger partial charge in [0.25, 0.3) is 0 Å². The highest BCUT2D eigenvalue weighted by Crippen LogP contribution is 2.37. The fourth-order valence-corrected chi connectivity index (χ4v) is 3.89. The first-order valence-corrected chi connectivity index (χ1v) is 7.94. The van der Waals surface area contributed by atoms with Crippen molar-refractivity contribution in [3.05, 3.63) is 23.8 Å². The molecule has 1 aliphatic rings. The van der Waals surface area contributed by atoms with Crippen LogP contribution >= 0.6 is 0 Å². The smallest absolute Gasteiger partial charge is 0.304 e. The number of nitrogens with zero attached hydrogens (tertiary/aromatic N) is 1. The highest BCUT2D eigenvalue weighted by molar-refractivity contribution is 7.92. The summed E-state index contributed by atoms with van der Waals surface area (Å²) >= 11 is 0. The summed E-state index contributed by atoms with van der Waals surface area (Å²) in [4.78, 5) is 10.6. The van der Waals surface area contributed by atoms with Gasteiger partial charge in [-0.3, -0.25) is 9.10 Å². The van der Waals surface area contributed by atoms with Gasteiger partial charge in [-0.25, -0.2) is 8.42 Å². The van der Waals surface area contributed by atoms with Crippen LogP contribution in [0.15, 0.2) is 18.2 Å². The van der Waals surface area contributed by atoms with Crippen LogP contribution in [0.4, 0.5) is 5.69 Å². The van der Waals surface area contributed by atoms with Gasteiger partial charge in [-0.05, 0) is 24.5 Å². The SMILES string of the molecule is COc1cccc2c1N(S(=O)(=O)CCC(=O)O)CCC2. The minimum atomic E-state index is -3.65. The Morgan fingerprint density at radius 2 is 2.20 bits per heavy atom. The zero-order valence-electron chi connectivity index (χ0n) is 11.2. The van der Waals surface area contributed by atoms with Crippen LogP contribution in [0.1, 0.15) is 18.4 Å². The van der Waals surface area contributed by atoms with E-state index in [2.05, 4.69) is 0 Å². The third kappa shape index (κ3) is 2.87. The number of anilines is 1. The van der Waals surface area contributed by atoms with Gasteiger partial charge in [0.05, 0.1) is 25.0 Å². The molecule has 7 heteroatoms. The summed E-state index contributed by atoms with van der Waals surface area (Å²) < 4.78 is 31.2. The number of benzene rings is 1. The predicted molar refractivity (Wildman–Crippen MR) is 74.7 cm³/mol. The number of carboxylic acids is 1. The Bertz CT molecular complexity index is 597. The van der Waals surface area contributed by atoms with Gasteiger partial charge in [0.15, 0.2) is 0 Å². The largest absolute Gasteiger partial charge is 0.495 e. The first-order chi connectivity index (χ1) is 9.45. The second-order valence-electron chi connectivity index (χ2n) is 4.60. The van der Waals surface area contributed by atoms with Crippen LogP contribution in [0.2, 0.25) is 0 Å². The molecular weight excluding hydrogens is 282 g/mol. The standard InChI is InChI=1S/C13H17NO5S/c1-19-11-6-2-4-10-5-3-8-14(13(10)11)20(17,18)9-7-12(15)16/h2,4,6H,3,5,7-9H2,1H3,(H,15,16). The molecule has 1 aliphatic heterocycles. The average molecular weight is 299 g/mol. The maximum Gasteiger partial charge on any atom is 0.304 e. The van der Waals surface area contributed by atoms with E-state index >= 15 is 0 Å². The fraction of sp³-hybridized carbons (Fsp3) is 0.462. The first-order valence-electron chi connectivity index (χ1n) is 6.34. The van der Waals surface area contributed by atoms with Crippen LogP contribution in [0.3, 0.4) is 0 Å². The van der Waals surface area contributed by atoms with Crippen molar-refractivity contribution in [3.63, 3.8) is 0 Å². The topological polar surface area (TPSA) is 83.9 Å². The third-order valence-electron chi connectivity index (χ3n) is 3.27. The molecule has 0 fully saturated rings. The summed E-state index contributed by atoms with van der Waals surface area (Å²) in [6.45, 7) is 0.356. The normalized spacial score (nSPS) is 14.8. The Hall–Kier alpha value is -1.76. The number of hydrogen-bond acceptors (Lipinski definition) is 4. The number of fused-ring (bicyclic) bond motifs is 1. The summed E-state index contributed by atoms with van der Waals surface area (Å²) in [5, 5.41) is 8.66. The molecule has 1 aromatic carbocycles. The lowest BCUT2D eigenvalue weighted by atomic mass is 10.0. The van der Waals surface area contributed by atoms with E-state index in [4.69, 9.17) is 9.84 Å². The zero-order valence-corrected chi connectivity index (χ0v) is 12.0. The number of rotatable bonds is 5. The molecule has 1 aromatic rings. The second kappa shape index (κ2) is 5.70. The van der Waals surface area contributed by atoms with Gasteiger partial charge in [0.2, 0.25) is 10.0 Å². The van der Waals surface area contributed by atoms with E-state index in [1.807, 2.05) is 12.1 Å². The maximum atomic E-state index is 12.3. The molecule has 1 N–H and O–H groups in total. The lowest BCUT2D eigenvalue weighted by Gasteiger charge is -2.31. The number of hydrogen-bond donors (Lipinski definition) is 1. The van der Waals surface area contributed by atoms with Crippen molar-refractivity contribution in [3.8, 4) is 5.75 Å². The Morgan fingerprint density at radius 1 is 1.45 bits per heavy atom. The minimum Gasteiger partial charge on any atom is -0.495 e. The van der Waals surface area contributed by atoms with Gasteiger partial charge in [-0.2, -0.15) is 0 Å². The highest BCUT2D eigenvalue weighted by Gasteiger charge is 2.30. The average Bonchev–Trinajstić information content (AvgIpc) is 2.44. The molecule has 0 unspecified atom stereocenters. The maximum absolute atomic E-state index is 12.3. The summed E-state index contributed by atoms with van der Waals surface area (Å²) in [6.07, 6.45) is 1.10. The molecule has 1 heterocycles. The molecule has 2 rings (SSSR count). The molecule has 0 saturated carbocycles. The van der Waals surface area contributed by atoms with Gasteiger partial charge in [0, 0.05) is 6.54 Å². The van der Waals surface area contributed by atoms with Crippen LogP contribution in [0.25, 0.3) is 0 Å². The minimum absolute atomic E-state index is 0.356. The monoisotopic (exact) mass is 299 g/mol. The number of carboxylic acid groups (broad SMARTS) is 1. The van der Waals surface area contributed by atoms with E-state index in [1.54, 1.807) is 6.07 Å². The van der Waals surface area contributed by atoms with Crippen LogP contribution < -0.4 is 9.04 Å². The van der Waals surface area contributed by atoms with Crippen LogP contribution in [0.5, 0.6) is 5.75 Å². The molecule has 0 aliphatic carbocycles. The molecule has 0 saturated heterocycles. The molecule has 20 heavy (non-hydrogen) atoms. The highest BCUT2D eigenvalue weighted by atomic mass is 32.2. The third-order valence-corrected chi connectivity index (χ3v) is 5.03.